The fourth-order valence-corrected chi connectivity index (χ4v) is 8.05. The first-order valence-corrected chi connectivity index (χ1v) is 26.1. The lowest BCUT2D eigenvalue weighted by Crippen LogP contribution is -2.61. The molecule has 2 aliphatic heterocycles. The Morgan fingerprint density at radius 2 is 0.896 bits per heavy atom. The summed E-state index contributed by atoms with van der Waals surface area (Å²) in [7, 11) is 0. The molecule has 4 unspecified atom stereocenters. The van der Waals surface area contributed by atoms with Crippen molar-refractivity contribution >= 4 is 11.9 Å². The highest BCUT2D eigenvalue weighted by Gasteiger charge is 2.47. The Balaban J connectivity index is 1.82. The first-order chi connectivity index (χ1) is 32.5. The molecule has 0 bridgehead atoms. The van der Waals surface area contributed by atoms with Gasteiger partial charge < -0.3 is 64.2 Å². The zero-order valence-electron chi connectivity index (χ0n) is 41.1. The van der Waals surface area contributed by atoms with E-state index in [1.165, 1.54) is 83.5 Å². The third-order valence-corrected chi connectivity index (χ3v) is 12.4. The van der Waals surface area contributed by atoms with Gasteiger partial charge in [0.1, 0.15) is 55.4 Å². The Labute approximate surface area is 402 Å². The third-order valence-electron chi connectivity index (χ3n) is 12.4. The second-order valence-electron chi connectivity index (χ2n) is 18.4. The predicted octanol–water partition coefficient (Wildman–Crippen LogP) is 7.32. The number of carbonyl (C=O) groups is 2. The molecule has 0 radical (unpaired) electrons. The zero-order valence-corrected chi connectivity index (χ0v) is 41.1. The number of unbranched alkanes of at least 4 members (excludes halogenated alkanes) is 20. The maximum absolute atomic E-state index is 13.0. The maximum Gasteiger partial charge on any atom is 0.306 e. The standard InChI is InChI=1S/C52H92O15/c1-3-5-7-9-11-13-15-17-19-20-21-23-25-27-29-31-33-35-44(55)65-40(37-62-43(54)34-32-30-28-26-24-22-18-16-14-12-10-8-6-4-2)38-63-51-50(61)48(59)46(57)42(67-51)39-64-52-49(60)47(58)45(56)41(36-53)66-52/h11,13,17,19,21,23,40-42,45-53,56-61H,3-10,12,14-16,18,20,22,24-39H2,1-2H3/b13-11+,19-17+,23-21+/t40-,41+,42+,45-,46-,47?,48?,49?,50?,51+,52+/m1/s1. The van der Waals surface area contributed by atoms with Gasteiger partial charge in [0.05, 0.1) is 19.8 Å². The fraction of sp³-hybridized carbons (Fsp3) is 0.846. The van der Waals surface area contributed by atoms with Crippen LogP contribution in [0.1, 0.15) is 187 Å². The molecule has 2 fully saturated rings. The molecule has 0 saturated carbocycles. The van der Waals surface area contributed by atoms with E-state index in [1.807, 2.05) is 0 Å². The van der Waals surface area contributed by atoms with E-state index in [4.69, 9.17) is 28.4 Å². The lowest BCUT2D eigenvalue weighted by atomic mass is 9.98. The highest BCUT2D eigenvalue weighted by Crippen LogP contribution is 2.26. The van der Waals surface area contributed by atoms with Gasteiger partial charge in [0.15, 0.2) is 18.7 Å². The smallest absolute Gasteiger partial charge is 0.306 e. The van der Waals surface area contributed by atoms with E-state index in [0.29, 0.717) is 12.8 Å². The monoisotopic (exact) mass is 957 g/mol. The SMILES string of the molecule is CCCCC/C=C/C/C=C/C/C=C/CCCCCCC(=O)O[C@H](COC(=O)CCCCCCCCCCCCCCCC)CO[C@H]1O[C@@H](CO[C@H]2O[C@@H](CO)[C@@H](O)C(O)C2O)[C@@H](O)C(O)C1O. The minimum atomic E-state index is -1.77. The molecule has 2 heterocycles. The number of esters is 2. The average molecular weight is 957 g/mol. The van der Waals surface area contributed by atoms with Gasteiger partial charge in [-0.2, -0.15) is 0 Å². The van der Waals surface area contributed by atoms with Crippen molar-refractivity contribution in [3.63, 3.8) is 0 Å². The van der Waals surface area contributed by atoms with Crippen molar-refractivity contribution in [2.75, 3.05) is 26.4 Å². The van der Waals surface area contributed by atoms with Gasteiger partial charge in [0.25, 0.3) is 0 Å². The Hall–Kier alpha value is -2.28. The first kappa shape index (κ1) is 60.8. The zero-order chi connectivity index (χ0) is 48.9. The summed E-state index contributed by atoms with van der Waals surface area (Å²) in [6, 6.07) is 0. The second-order valence-corrected chi connectivity index (χ2v) is 18.4. The van der Waals surface area contributed by atoms with Gasteiger partial charge in [-0.05, 0) is 51.4 Å². The Morgan fingerprint density at radius 3 is 1.43 bits per heavy atom. The molecular weight excluding hydrogens is 865 g/mol. The van der Waals surface area contributed by atoms with E-state index in [0.717, 1.165) is 64.2 Å². The summed E-state index contributed by atoms with van der Waals surface area (Å²) >= 11 is 0. The number of aliphatic hydroxyl groups is 7. The molecule has 0 aromatic heterocycles. The van der Waals surface area contributed by atoms with Crippen LogP contribution < -0.4 is 0 Å². The number of aliphatic hydroxyl groups excluding tert-OH is 7. The Kier molecular flexibility index (Phi) is 35.8. The molecule has 0 aromatic carbocycles. The van der Waals surface area contributed by atoms with Crippen LogP contribution >= 0.6 is 0 Å². The van der Waals surface area contributed by atoms with Crippen molar-refractivity contribution in [3.05, 3.63) is 36.5 Å². The number of rotatable bonds is 40. The molecule has 67 heavy (non-hydrogen) atoms. The van der Waals surface area contributed by atoms with E-state index in [2.05, 4.69) is 50.3 Å². The largest absolute Gasteiger partial charge is 0.462 e. The third kappa shape index (κ3) is 27.6. The van der Waals surface area contributed by atoms with Crippen LogP contribution in [-0.2, 0) is 38.0 Å². The molecule has 390 valence electrons. The van der Waals surface area contributed by atoms with Crippen molar-refractivity contribution in [1.82, 2.24) is 0 Å². The maximum atomic E-state index is 13.0. The van der Waals surface area contributed by atoms with Crippen molar-refractivity contribution < 1.29 is 73.8 Å². The highest BCUT2D eigenvalue weighted by molar-refractivity contribution is 5.70. The van der Waals surface area contributed by atoms with Gasteiger partial charge >= 0.3 is 11.9 Å². The van der Waals surface area contributed by atoms with Crippen LogP contribution in [0.5, 0.6) is 0 Å². The average Bonchev–Trinajstić information content (AvgIpc) is 3.32. The number of allylic oxidation sites excluding steroid dienone is 6. The predicted molar refractivity (Wildman–Crippen MR) is 257 cm³/mol. The number of ether oxygens (including phenoxy) is 6. The first-order valence-electron chi connectivity index (χ1n) is 26.1. The van der Waals surface area contributed by atoms with Crippen LogP contribution in [0.2, 0.25) is 0 Å². The molecule has 11 atom stereocenters. The Bertz CT molecular complexity index is 1310. The van der Waals surface area contributed by atoms with Crippen molar-refractivity contribution in [3.8, 4) is 0 Å². The Morgan fingerprint density at radius 1 is 0.478 bits per heavy atom. The summed E-state index contributed by atoms with van der Waals surface area (Å²) in [6.45, 7) is 2.54. The van der Waals surface area contributed by atoms with Gasteiger partial charge in [0.2, 0.25) is 0 Å². The molecule has 15 heteroatoms. The molecule has 0 spiro atoms. The van der Waals surface area contributed by atoms with Gasteiger partial charge in [-0.1, -0.05) is 159 Å². The van der Waals surface area contributed by atoms with Crippen molar-refractivity contribution in [2.45, 2.75) is 255 Å². The van der Waals surface area contributed by atoms with E-state index in [1.54, 1.807) is 0 Å². The van der Waals surface area contributed by atoms with E-state index < -0.39 is 92.7 Å². The highest BCUT2D eigenvalue weighted by atomic mass is 16.7. The van der Waals surface area contributed by atoms with E-state index in [9.17, 15) is 45.3 Å². The summed E-state index contributed by atoms with van der Waals surface area (Å²) in [6.07, 6.45) is 24.5. The van der Waals surface area contributed by atoms with Gasteiger partial charge in [0, 0.05) is 12.8 Å². The van der Waals surface area contributed by atoms with Crippen LogP contribution in [0.15, 0.2) is 36.5 Å². The molecule has 0 amide bonds. The van der Waals surface area contributed by atoms with Crippen LogP contribution in [0.25, 0.3) is 0 Å². The number of carbonyl (C=O) groups excluding carboxylic acids is 2. The molecule has 7 N–H and O–H groups in total. The van der Waals surface area contributed by atoms with Gasteiger partial charge in [-0.3, -0.25) is 9.59 Å². The minimum absolute atomic E-state index is 0.141. The molecule has 15 nitrogen and oxygen atoms in total. The van der Waals surface area contributed by atoms with Crippen molar-refractivity contribution in [2.24, 2.45) is 0 Å². The molecule has 0 aromatic rings. The lowest BCUT2D eigenvalue weighted by Gasteiger charge is -2.42. The second kappa shape index (κ2) is 39.4. The lowest BCUT2D eigenvalue weighted by molar-refractivity contribution is -0.332. The summed E-state index contributed by atoms with van der Waals surface area (Å²) in [5.41, 5.74) is 0. The topological polar surface area (TPSA) is 231 Å². The summed E-state index contributed by atoms with van der Waals surface area (Å²) in [5.74, 6) is -0.946. The molecular formula is C52H92O15. The normalized spacial score (nSPS) is 26.2. The quantitative estimate of drug-likeness (QED) is 0.0181. The number of hydrogen-bond acceptors (Lipinski definition) is 15. The number of hydrogen-bond donors (Lipinski definition) is 7. The minimum Gasteiger partial charge on any atom is -0.462 e. The molecule has 2 saturated heterocycles. The molecule has 2 aliphatic rings. The summed E-state index contributed by atoms with van der Waals surface area (Å²) in [5, 5.41) is 72.1. The van der Waals surface area contributed by atoms with Crippen LogP contribution in [0, 0.1) is 0 Å². The summed E-state index contributed by atoms with van der Waals surface area (Å²) in [4.78, 5) is 25.8. The van der Waals surface area contributed by atoms with E-state index >= 15 is 0 Å². The van der Waals surface area contributed by atoms with E-state index in [-0.39, 0.29) is 26.1 Å². The van der Waals surface area contributed by atoms with Crippen LogP contribution in [0.3, 0.4) is 0 Å². The van der Waals surface area contributed by atoms with Crippen LogP contribution in [0.4, 0.5) is 0 Å². The summed E-state index contributed by atoms with van der Waals surface area (Å²) < 4.78 is 33.6. The van der Waals surface area contributed by atoms with Gasteiger partial charge in [-0.15, -0.1) is 0 Å². The van der Waals surface area contributed by atoms with Crippen LogP contribution in [-0.4, -0.2) is 142 Å². The molecule has 2 rings (SSSR count). The fourth-order valence-electron chi connectivity index (χ4n) is 8.05. The molecule has 0 aliphatic carbocycles. The van der Waals surface area contributed by atoms with Gasteiger partial charge in [-0.25, -0.2) is 0 Å². The van der Waals surface area contributed by atoms with Crippen molar-refractivity contribution in [1.29, 1.82) is 0 Å².